The smallest absolute Gasteiger partial charge is 0.304 e. The lowest BCUT2D eigenvalue weighted by Gasteiger charge is -2.23. The lowest BCUT2D eigenvalue weighted by Crippen LogP contribution is -2.32. The fraction of sp³-hybridized carbons (Fsp3) is 0.235. The Hall–Kier alpha value is -1.87. The monoisotopic (exact) mass is 284 g/mol. The van der Waals surface area contributed by atoms with Crippen molar-refractivity contribution < 1.29 is 9.22 Å². The summed E-state index contributed by atoms with van der Waals surface area (Å²) in [5.74, 6) is -0.495. The van der Waals surface area contributed by atoms with Crippen molar-refractivity contribution in [2.45, 2.75) is 25.6 Å². The molecule has 104 valence electrons. The molecule has 0 saturated carbocycles. The van der Waals surface area contributed by atoms with Crippen LogP contribution in [0.4, 0.5) is 0 Å². The summed E-state index contributed by atoms with van der Waals surface area (Å²) in [6.07, 6.45) is 0. The zero-order valence-electron chi connectivity index (χ0n) is 12.2. The number of carbonyl (C=O) groups excluding carboxylic acids is 1. The summed E-state index contributed by atoms with van der Waals surface area (Å²) in [5, 5.41) is 0. The zero-order valence-corrected chi connectivity index (χ0v) is 13.2. The van der Waals surface area contributed by atoms with E-state index in [1.165, 1.54) is 0 Å². The van der Waals surface area contributed by atoms with Gasteiger partial charge in [0.15, 0.2) is 0 Å². The van der Waals surface area contributed by atoms with Crippen LogP contribution in [0.25, 0.3) is 0 Å². The topological polar surface area (TPSA) is 26.3 Å². The van der Waals surface area contributed by atoms with Gasteiger partial charge < -0.3 is 4.43 Å². The van der Waals surface area contributed by atoms with E-state index in [2.05, 4.69) is 0 Å². The minimum absolute atomic E-state index is 0.151. The molecule has 3 heteroatoms. The van der Waals surface area contributed by atoms with Gasteiger partial charge in [0, 0.05) is 0 Å². The molecular formula is C17H20O2Si. The van der Waals surface area contributed by atoms with E-state index in [1.54, 1.807) is 0 Å². The molecule has 0 aliphatic rings. The highest BCUT2D eigenvalue weighted by atomic mass is 28.4. The third-order valence-corrected chi connectivity index (χ3v) is 3.72. The highest BCUT2D eigenvalue weighted by molar-refractivity contribution is 6.71. The maximum atomic E-state index is 12.6. The molecule has 0 aliphatic carbocycles. The standard InChI is InChI=1S/C17H20O2Si/c1-20(2,3)19-17(18)16(14-10-6-4-7-11-14)15-12-8-5-9-13-15/h4-13,16H,1-3H3. The Kier molecular flexibility index (Phi) is 4.40. The predicted octanol–water partition coefficient (Wildman–Crippen LogP) is 4.20. The molecule has 0 bridgehead atoms. The Morgan fingerprint density at radius 1 is 0.850 bits per heavy atom. The van der Waals surface area contributed by atoms with Crippen LogP contribution in [0.15, 0.2) is 60.7 Å². The minimum atomic E-state index is -1.90. The van der Waals surface area contributed by atoms with Crippen LogP contribution in [0.2, 0.25) is 19.6 Å². The van der Waals surface area contributed by atoms with E-state index in [0.29, 0.717) is 0 Å². The van der Waals surface area contributed by atoms with Crippen molar-refractivity contribution in [3.05, 3.63) is 71.8 Å². The van der Waals surface area contributed by atoms with Crippen LogP contribution in [0.1, 0.15) is 17.0 Å². The Labute approximate surface area is 121 Å². The van der Waals surface area contributed by atoms with Gasteiger partial charge in [-0.15, -0.1) is 0 Å². The van der Waals surface area contributed by atoms with Crippen molar-refractivity contribution in [3.8, 4) is 0 Å². The Morgan fingerprint density at radius 2 is 1.25 bits per heavy atom. The van der Waals surface area contributed by atoms with Gasteiger partial charge in [0.1, 0.15) is 5.92 Å². The average Bonchev–Trinajstić information content (AvgIpc) is 2.39. The molecule has 0 unspecified atom stereocenters. The van der Waals surface area contributed by atoms with Crippen molar-refractivity contribution in [2.75, 3.05) is 0 Å². The molecule has 0 heterocycles. The van der Waals surface area contributed by atoms with Crippen molar-refractivity contribution in [3.63, 3.8) is 0 Å². The van der Waals surface area contributed by atoms with Crippen LogP contribution in [0, 0.1) is 0 Å². The first kappa shape index (κ1) is 14.5. The molecule has 0 radical (unpaired) electrons. The largest absolute Gasteiger partial charge is 0.519 e. The second-order valence-corrected chi connectivity index (χ2v) is 10.2. The Balaban J connectivity index is 2.38. The summed E-state index contributed by atoms with van der Waals surface area (Å²) in [5.41, 5.74) is 1.95. The number of rotatable bonds is 4. The second kappa shape index (κ2) is 6.05. The van der Waals surface area contributed by atoms with Crippen LogP contribution in [0.3, 0.4) is 0 Å². The fourth-order valence-corrected chi connectivity index (χ4v) is 2.84. The van der Waals surface area contributed by atoms with E-state index in [-0.39, 0.29) is 11.9 Å². The molecular weight excluding hydrogens is 264 g/mol. The van der Waals surface area contributed by atoms with Gasteiger partial charge in [-0.3, -0.25) is 4.79 Å². The third kappa shape index (κ3) is 3.81. The van der Waals surface area contributed by atoms with Crippen LogP contribution in [-0.4, -0.2) is 14.3 Å². The summed E-state index contributed by atoms with van der Waals surface area (Å²) in [6.45, 7) is 6.08. The molecule has 0 aromatic heterocycles. The number of hydrogen-bond acceptors (Lipinski definition) is 2. The van der Waals surface area contributed by atoms with Gasteiger partial charge in [-0.2, -0.15) is 0 Å². The van der Waals surface area contributed by atoms with Gasteiger partial charge in [0.2, 0.25) is 8.32 Å². The van der Waals surface area contributed by atoms with Crippen LogP contribution >= 0.6 is 0 Å². The third-order valence-electron chi connectivity index (χ3n) is 2.91. The lowest BCUT2D eigenvalue weighted by molar-refractivity contribution is -0.135. The van der Waals surface area contributed by atoms with E-state index in [4.69, 9.17) is 4.43 Å². The van der Waals surface area contributed by atoms with Gasteiger partial charge in [0.25, 0.3) is 0 Å². The molecule has 0 aliphatic heterocycles. The van der Waals surface area contributed by atoms with E-state index >= 15 is 0 Å². The first-order valence-corrected chi connectivity index (χ1v) is 10.2. The minimum Gasteiger partial charge on any atom is -0.519 e. The molecule has 2 rings (SSSR count). The summed E-state index contributed by atoms with van der Waals surface area (Å²) < 4.78 is 5.71. The summed E-state index contributed by atoms with van der Waals surface area (Å²) >= 11 is 0. The Bertz CT molecular complexity index is 519. The highest BCUT2D eigenvalue weighted by Gasteiger charge is 2.28. The predicted molar refractivity (Wildman–Crippen MR) is 84.2 cm³/mol. The maximum absolute atomic E-state index is 12.6. The van der Waals surface area contributed by atoms with Crippen LogP contribution < -0.4 is 0 Å². The average molecular weight is 284 g/mol. The number of carbonyl (C=O) groups is 1. The van der Waals surface area contributed by atoms with Crippen molar-refractivity contribution >= 4 is 14.3 Å². The number of hydrogen-bond donors (Lipinski definition) is 0. The first-order valence-electron chi connectivity index (χ1n) is 6.80. The van der Waals surface area contributed by atoms with Crippen LogP contribution in [0.5, 0.6) is 0 Å². The van der Waals surface area contributed by atoms with E-state index in [9.17, 15) is 4.79 Å². The normalized spacial score (nSPS) is 11.4. The molecule has 2 aromatic rings. The van der Waals surface area contributed by atoms with Crippen molar-refractivity contribution in [2.24, 2.45) is 0 Å². The van der Waals surface area contributed by atoms with Gasteiger partial charge in [-0.1, -0.05) is 60.7 Å². The molecule has 2 aromatic carbocycles. The summed E-state index contributed by atoms with van der Waals surface area (Å²) in [7, 11) is -1.90. The highest BCUT2D eigenvalue weighted by Crippen LogP contribution is 2.27. The molecule has 0 N–H and O–H groups in total. The lowest BCUT2D eigenvalue weighted by atomic mass is 9.91. The Morgan fingerprint density at radius 3 is 1.60 bits per heavy atom. The van der Waals surface area contributed by atoms with E-state index in [0.717, 1.165) is 11.1 Å². The molecule has 0 spiro atoms. The maximum Gasteiger partial charge on any atom is 0.304 e. The SMILES string of the molecule is C[Si](C)(C)OC(=O)C(c1ccccc1)c1ccccc1. The van der Waals surface area contributed by atoms with Gasteiger partial charge >= 0.3 is 5.97 Å². The summed E-state index contributed by atoms with van der Waals surface area (Å²) in [4.78, 5) is 12.6. The fourth-order valence-electron chi connectivity index (χ4n) is 2.12. The number of benzene rings is 2. The van der Waals surface area contributed by atoms with E-state index in [1.807, 2.05) is 80.3 Å². The molecule has 2 nitrogen and oxygen atoms in total. The quantitative estimate of drug-likeness (QED) is 0.787. The van der Waals surface area contributed by atoms with Crippen LogP contribution in [-0.2, 0) is 9.22 Å². The molecule has 0 amide bonds. The first-order chi connectivity index (χ1) is 9.47. The van der Waals surface area contributed by atoms with E-state index < -0.39 is 8.32 Å². The van der Waals surface area contributed by atoms with Crippen molar-refractivity contribution in [1.82, 2.24) is 0 Å². The molecule has 20 heavy (non-hydrogen) atoms. The van der Waals surface area contributed by atoms with Gasteiger partial charge in [0.05, 0.1) is 0 Å². The second-order valence-electron chi connectivity index (χ2n) is 5.79. The summed E-state index contributed by atoms with van der Waals surface area (Å²) in [6, 6.07) is 19.6. The van der Waals surface area contributed by atoms with Crippen molar-refractivity contribution in [1.29, 1.82) is 0 Å². The molecule has 0 fully saturated rings. The van der Waals surface area contributed by atoms with Gasteiger partial charge in [-0.05, 0) is 30.8 Å². The zero-order chi connectivity index (χ0) is 14.6. The molecule has 0 saturated heterocycles. The van der Waals surface area contributed by atoms with Gasteiger partial charge in [-0.25, -0.2) is 0 Å². The molecule has 0 atom stereocenters.